The Morgan fingerprint density at radius 2 is 0.814 bits per heavy atom. The van der Waals surface area contributed by atoms with Crippen molar-refractivity contribution in [1.82, 2.24) is 28.0 Å². The summed E-state index contributed by atoms with van der Waals surface area (Å²) in [5.74, 6) is 3.19. The number of phenols is 2. The van der Waals surface area contributed by atoms with Crippen LogP contribution in [0.1, 0.15) is 125 Å². The van der Waals surface area contributed by atoms with Crippen molar-refractivity contribution in [1.29, 1.82) is 0 Å². The number of hydrogen-bond donors (Lipinski definition) is 3. The van der Waals surface area contributed by atoms with E-state index in [2.05, 4.69) is 5.32 Å². The van der Waals surface area contributed by atoms with E-state index in [-0.39, 0.29) is 17.9 Å². The number of nitrogens with zero attached hydrogens (tertiary/aromatic N) is 5. The molecule has 86 heavy (non-hydrogen) atoms. The monoisotopic (exact) mass is 1250 g/mol. The Hall–Kier alpha value is -5.69. The number of phenolic OH excluding ortho intramolecular Hbond substituents is 2. The summed E-state index contributed by atoms with van der Waals surface area (Å²) < 4.78 is 97.3. The van der Waals surface area contributed by atoms with Gasteiger partial charge in [-0.25, -0.2) is 34.8 Å². The van der Waals surface area contributed by atoms with Gasteiger partial charge in [-0.05, 0) is 217 Å². The van der Waals surface area contributed by atoms with E-state index in [0.717, 1.165) is 131 Å². The molecule has 0 radical (unpaired) electrons. The fourth-order valence-electron chi connectivity index (χ4n) is 11.2. The van der Waals surface area contributed by atoms with Crippen molar-refractivity contribution in [2.45, 2.75) is 143 Å². The van der Waals surface area contributed by atoms with E-state index in [1.54, 1.807) is 28.0 Å². The van der Waals surface area contributed by atoms with Gasteiger partial charge >= 0.3 is 12.2 Å². The second-order valence-electron chi connectivity index (χ2n) is 25.3. The molecule has 0 unspecified atom stereocenters. The standard InChI is InChI=1S/2C22H34N2O5S.C10H13NO3S.C9H11NO/c2*1-22(2,3)29-21(25)23-11-7-17(8-12-23)10-14-28-20-6-5-18-9-13-24(30(4,26)27)16-19(18)15-20;1-15(13,14)11-5-4-8-2-3-10(12)6-9(8)7-11;11-9-2-1-7-3-4-10-6-8(7)5-9/h2*5-6,15,17H,7-14,16H2,1-4H3;2-3,6,12H,4-5,7H2,1H3;1-2,5,10-11H,3-4,6H2. The summed E-state index contributed by atoms with van der Waals surface area (Å²) in [6, 6.07) is 22.7. The molecule has 0 aromatic heterocycles. The minimum Gasteiger partial charge on any atom is -0.508 e. The summed E-state index contributed by atoms with van der Waals surface area (Å²) in [5.41, 5.74) is 8.11. The molecule has 10 rings (SSSR count). The van der Waals surface area contributed by atoms with Gasteiger partial charge in [-0.2, -0.15) is 12.9 Å². The molecule has 2 fully saturated rings. The zero-order valence-electron chi connectivity index (χ0n) is 51.8. The minimum absolute atomic E-state index is 0.184. The first-order chi connectivity index (χ1) is 40.3. The Labute approximate surface area is 511 Å². The predicted octanol–water partition coefficient (Wildman–Crippen LogP) is 8.59. The topological polar surface area (TPSA) is 242 Å². The third kappa shape index (κ3) is 21.3. The molecule has 6 aliphatic heterocycles. The molecule has 20 nitrogen and oxygen atoms in total. The van der Waals surface area contributed by atoms with Crippen LogP contribution in [0.25, 0.3) is 0 Å². The highest BCUT2D eigenvalue weighted by Gasteiger charge is 2.30. The molecule has 0 saturated carbocycles. The average molecular weight is 1250 g/mol. The van der Waals surface area contributed by atoms with E-state index in [1.165, 1.54) is 53.9 Å². The van der Waals surface area contributed by atoms with Gasteiger partial charge in [-0.3, -0.25) is 0 Å². The summed E-state index contributed by atoms with van der Waals surface area (Å²) in [5, 5.41) is 21.7. The summed E-state index contributed by atoms with van der Waals surface area (Å²) >= 11 is 0. The van der Waals surface area contributed by atoms with Crippen LogP contribution in [0.15, 0.2) is 72.8 Å². The molecule has 3 N–H and O–H groups in total. The van der Waals surface area contributed by atoms with Crippen LogP contribution in [-0.4, -0.2) is 166 Å². The molecule has 2 amide bonds. The highest BCUT2D eigenvalue weighted by molar-refractivity contribution is 7.88. The number of fused-ring (bicyclic) bond motifs is 4. The van der Waals surface area contributed by atoms with E-state index < -0.39 is 41.3 Å². The number of benzene rings is 4. The van der Waals surface area contributed by atoms with Gasteiger partial charge in [0.05, 0.1) is 32.0 Å². The molecule has 476 valence electrons. The van der Waals surface area contributed by atoms with Gasteiger partial charge in [0, 0.05) is 72.0 Å². The van der Waals surface area contributed by atoms with Crippen molar-refractivity contribution in [3.63, 3.8) is 0 Å². The van der Waals surface area contributed by atoms with Crippen LogP contribution in [-0.2, 0) is 91.4 Å². The van der Waals surface area contributed by atoms with Crippen molar-refractivity contribution >= 4 is 42.3 Å². The van der Waals surface area contributed by atoms with Crippen LogP contribution in [0.4, 0.5) is 9.59 Å². The van der Waals surface area contributed by atoms with Crippen LogP contribution >= 0.6 is 0 Å². The number of amides is 2. The van der Waals surface area contributed by atoms with Crippen molar-refractivity contribution < 1.29 is 64.0 Å². The number of hydrogen-bond acceptors (Lipinski definition) is 15. The lowest BCUT2D eigenvalue weighted by molar-refractivity contribution is 0.0166. The average Bonchev–Trinajstić information content (AvgIpc) is 1.53. The van der Waals surface area contributed by atoms with E-state index >= 15 is 0 Å². The van der Waals surface area contributed by atoms with Gasteiger partial charge in [-0.1, -0.05) is 24.3 Å². The van der Waals surface area contributed by atoms with Crippen LogP contribution in [0.2, 0.25) is 0 Å². The third-order valence-corrected chi connectivity index (χ3v) is 19.8. The number of sulfonamides is 3. The van der Waals surface area contributed by atoms with Gasteiger partial charge in [0.2, 0.25) is 30.1 Å². The molecular formula is C63H92N6O14S3. The maximum Gasteiger partial charge on any atom is 0.410 e. The molecule has 0 atom stereocenters. The van der Waals surface area contributed by atoms with Crippen molar-refractivity contribution in [3.8, 4) is 23.0 Å². The largest absolute Gasteiger partial charge is 0.508 e. The van der Waals surface area contributed by atoms with E-state index in [9.17, 15) is 39.9 Å². The fourth-order valence-corrected chi connectivity index (χ4v) is 13.6. The maximum absolute atomic E-state index is 12.2. The number of carbonyl (C=O) groups excluding carboxylic acids is 2. The zero-order valence-corrected chi connectivity index (χ0v) is 54.3. The molecule has 4 aromatic carbocycles. The second kappa shape index (κ2) is 29.5. The Morgan fingerprint density at radius 1 is 0.477 bits per heavy atom. The predicted molar refractivity (Wildman–Crippen MR) is 333 cm³/mol. The highest BCUT2D eigenvalue weighted by atomic mass is 32.2. The van der Waals surface area contributed by atoms with E-state index in [1.807, 2.05) is 96.1 Å². The van der Waals surface area contributed by atoms with Crippen LogP contribution in [0, 0.1) is 11.8 Å². The molecule has 4 aromatic rings. The Kier molecular flexibility index (Phi) is 23.3. The highest BCUT2D eigenvalue weighted by Crippen LogP contribution is 2.30. The molecule has 6 aliphatic rings. The molecule has 0 aliphatic carbocycles. The smallest absolute Gasteiger partial charge is 0.410 e. The first kappa shape index (κ1) is 67.8. The van der Waals surface area contributed by atoms with Crippen molar-refractivity contribution in [2.75, 3.05) is 84.3 Å². The van der Waals surface area contributed by atoms with Gasteiger partial charge in [-0.15, -0.1) is 0 Å². The number of aromatic hydroxyl groups is 2. The lowest BCUT2D eigenvalue weighted by Gasteiger charge is -2.33. The van der Waals surface area contributed by atoms with Gasteiger partial charge in [0.15, 0.2) is 0 Å². The summed E-state index contributed by atoms with van der Waals surface area (Å²) in [6.45, 7) is 20.1. The zero-order chi connectivity index (χ0) is 62.6. The molecule has 6 heterocycles. The number of nitrogens with one attached hydrogen (secondary N) is 1. The Balaban J connectivity index is 0.000000176. The molecule has 2 saturated heterocycles. The first-order valence-electron chi connectivity index (χ1n) is 30.0. The lowest BCUT2D eigenvalue weighted by atomic mass is 9.94. The first-order valence-corrected chi connectivity index (χ1v) is 35.5. The molecule has 23 heteroatoms. The fraction of sp³-hybridized carbons (Fsp3) is 0.587. The Bertz CT molecular complexity index is 3150. The van der Waals surface area contributed by atoms with Crippen molar-refractivity contribution in [3.05, 3.63) is 117 Å². The van der Waals surface area contributed by atoms with Gasteiger partial charge in [0.1, 0.15) is 34.2 Å². The van der Waals surface area contributed by atoms with Crippen molar-refractivity contribution in [2.24, 2.45) is 11.8 Å². The van der Waals surface area contributed by atoms with Gasteiger partial charge in [0.25, 0.3) is 0 Å². The third-order valence-electron chi connectivity index (χ3n) is 16.1. The Morgan fingerprint density at radius 3 is 1.17 bits per heavy atom. The SMILES string of the molecule is CC(C)(C)OC(=O)N1CCC(CCOc2ccc3c(c2)CN(S(C)(=O)=O)CC3)CC1.CC(C)(C)OC(=O)N1CCC(CCOc2ccc3c(c2)CN(S(C)(=O)=O)CC3)CC1.CS(=O)(=O)N1CCc2ccc(O)cc2C1.Oc1ccc2c(c1)CNCC2. The van der Waals surface area contributed by atoms with E-state index in [0.29, 0.717) is 76.5 Å². The summed E-state index contributed by atoms with van der Waals surface area (Å²) in [7, 11) is -9.49. The lowest BCUT2D eigenvalue weighted by Crippen LogP contribution is -2.41. The number of likely N-dealkylation sites (tertiary alicyclic amines) is 2. The molecule has 0 spiro atoms. The van der Waals surface area contributed by atoms with Crippen LogP contribution in [0.5, 0.6) is 23.0 Å². The summed E-state index contributed by atoms with van der Waals surface area (Å²) in [6.07, 6.45) is 12.2. The molecular weight excluding hydrogens is 1160 g/mol. The van der Waals surface area contributed by atoms with Gasteiger partial charge < -0.3 is 44.3 Å². The minimum atomic E-state index is -3.18. The number of ether oxygens (including phenoxy) is 4. The number of rotatable bonds is 11. The maximum atomic E-state index is 12.2. The molecule has 0 bridgehead atoms. The second-order valence-corrected chi connectivity index (χ2v) is 31.3. The number of piperidine rings is 2. The van der Waals surface area contributed by atoms with Crippen LogP contribution in [0.3, 0.4) is 0 Å². The van der Waals surface area contributed by atoms with Crippen LogP contribution < -0.4 is 14.8 Å². The quantitative estimate of drug-likeness (QED) is 0.127. The summed E-state index contributed by atoms with van der Waals surface area (Å²) in [4.78, 5) is 27.9. The number of carbonyl (C=O) groups is 2. The normalized spacial score (nSPS) is 18.2. The van der Waals surface area contributed by atoms with E-state index in [4.69, 9.17) is 24.1 Å².